The number of halogens is 1. The Labute approximate surface area is 104 Å². The van der Waals surface area contributed by atoms with E-state index in [0.717, 1.165) is 0 Å². The summed E-state index contributed by atoms with van der Waals surface area (Å²) in [7, 11) is 0. The van der Waals surface area contributed by atoms with Gasteiger partial charge in [-0.1, -0.05) is 35.5 Å². The molecule has 0 radical (unpaired) electrons. The summed E-state index contributed by atoms with van der Waals surface area (Å²) >= 11 is 0. The maximum Gasteiger partial charge on any atom is 0.365 e. The van der Waals surface area contributed by atoms with Crippen molar-refractivity contribution in [3.05, 3.63) is 71.5 Å². The molecular formula is C14H10FNO2. The van der Waals surface area contributed by atoms with Crippen LogP contribution in [0, 0.1) is 5.82 Å². The van der Waals surface area contributed by atoms with Crippen LogP contribution < -0.4 is 0 Å². The van der Waals surface area contributed by atoms with E-state index in [4.69, 9.17) is 4.84 Å². The number of hydrogen-bond acceptors (Lipinski definition) is 3. The van der Waals surface area contributed by atoms with E-state index >= 15 is 0 Å². The Hall–Kier alpha value is -2.49. The summed E-state index contributed by atoms with van der Waals surface area (Å²) in [6, 6.07) is 14.2. The van der Waals surface area contributed by atoms with Crippen molar-refractivity contribution in [1.29, 1.82) is 0 Å². The van der Waals surface area contributed by atoms with Crippen molar-refractivity contribution in [3.63, 3.8) is 0 Å². The van der Waals surface area contributed by atoms with Crippen LogP contribution in [0.25, 0.3) is 0 Å². The highest BCUT2D eigenvalue weighted by molar-refractivity contribution is 5.90. The minimum atomic E-state index is -0.533. The Kier molecular flexibility index (Phi) is 3.81. The first-order valence-corrected chi connectivity index (χ1v) is 5.31. The number of oxime groups is 1. The highest BCUT2D eigenvalue weighted by atomic mass is 19.1. The molecule has 0 atom stereocenters. The van der Waals surface area contributed by atoms with E-state index in [9.17, 15) is 9.18 Å². The molecule has 2 aromatic carbocycles. The topological polar surface area (TPSA) is 38.7 Å². The molecule has 4 heteroatoms. The molecule has 0 aliphatic heterocycles. The van der Waals surface area contributed by atoms with Crippen molar-refractivity contribution in [2.24, 2.45) is 5.16 Å². The predicted molar refractivity (Wildman–Crippen MR) is 65.9 cm³/mol. The summed E-state index contributed by atoms with van der Waals surface area (Å²) in [5, 5.41) is 3.55. The lowest BCUT2D eigenvalue weighted by Gasteiger charge is -1.96. The molecular weight excluding hydrogens is 233 g/mol. The molecule has 0 spiro atoms. The highest BCUT2D eigenvalue weighted by Gasteiger charge is 2.04. The van der Waals surface area contributed by atoms with Crippen molar-refractivity contribution in [3.8, 4) is 0 Å². The fourth-order valence-corrected chi connectivity index (χ4v) is 1.31. The van der Waals surface area contributed by atoms with Crippen LogP contribution >= 0.6 is 0 Å². The zero-order valence-corrected chi connectivity index (χ0v) is 9.42. The summed E-state index contributed by atoms with van der Waals surface area (Å²) < 4.78 is 12.6. The Morgan fingerprint density at radius 2 is 1.72 bits per heavy atom. The van der Waals surface area contributed by atoms with Crippen molar-refractivity contribution in [1.82, 2.24) is 0 Å². The van der Waals surface area contributed by atoms with E-state index in [0.29, 0.717) is 11.1 Å². The molecule has 18 heavy (non-hydrogen) atoms. The van der Waals surface area contributed by atoms with Gasteiger partial charge in [-0.3, -0.25) is 0 Å². The average molecular weight is 243 g/mol. The maximum absolute atomic E-state index is 12.6. The highest BCUT2D eigenvalue weighted by Crippen LogP contribution is 2.02. The normalized spacial score (nSPS) is 10.5. The lowest BCUT2D eigenvalue weighted by molar-refractivity contribution is 0.0519. The van der Waals surface area contributed by atoms with Crippen molar-refractivity contribution >= 4 is 12.2 Å². The van der Waals surface area contributed by atoms with Gasteiger partial charge in [-0.05, 0) is 29.8 Å². The van der Waals surface area contributed by atoms with E-state index in [2.05, 4.69) is 5.16 Å². The SMILES string of the molecule is O=C(ON=Cc1ccc(F)cc1)c1ccccc1. The monoisotopic (exact) mass is 243 g/mol. The van der Waals surface area contributed by atoms with Gasteiger partial charge in [-0.2, -0.15) is 0 Å². The fraction of sp³-hybridized carbons (Fsp3) is 0. The number of carbonyl (C=O) groups is 1. The molecule has 0 saturated heterocycles. The van der Waals surface area contributed by atoms with Crippen LogP contribution in [-0.2, 0) is 4.84 Å². The standard InChI is InChI=1S/C14H10FNO2/c15-13-8-6-11(7-9-13)10-16-18-14(17)12-4-2-1-3-5-12/h1-10H. The molecule has 0 aromatic heterocycles. The van der Waals surface area contributed by atoms with Gasteiger partial charge >= 0.3 is 5.97 Å². The zero-order valence-electron chi connectivity index (χ0n) is 9.42. The van der Waals surface area contributed by atoms with Crippen molar-refractivity contribution in [2.45, 2.75) is 0 Å². The van der Waals surface area contributed by atoms with E-state index in [-0.39, 0.29) is 5.82 Å². The van der Waals surface area contributed by atoms with E-state index in [1.807, 2.05) is 0 Å². The first kappa shape index (κ1) is 12.0. The summed E-state index contributed by atoms with van der Waals surface area (Å²) in [4.78, 5) is 16.2. The third kappa shape index (κ3) is 3.25. The van der Waals surface area contributed by atoms with Crippen LogP contribution in [0.3, 0.4) is 0 Å². The summed E-state index contributed by atoms with van der Waals surface area (Å²) in [5.74, 6) is -0.859. The molecule has 3 nitrogen and oxygen atoms in total. The van der Waals surface area contributed by atoms with Crippen molar-refractivity contribution < 1.29 is 14.0 Å². The number of nitrogens with zero attached hydrogens (tertiary/aromatic N) is 1. The number of benzene rings is 2. The van der Waals surface area contributed by atoms with Gasteiger partial charge < -0.3 is 4.84 Å². The van der Waals surface area contributed by atoms with Gasteiger partial charge in [0.15, 0.2) is 0 Å². The zero-order chi connectivity index (χ0) is 12.8. The third-order valence-corrected chi connectivity index (χ3v) is 2.22. The Bertz CT molecular complexity index is 550. The Morgan fingerprint density at radius 3 is 2.39 bits per heavy atom. The van der Waals surface area contributed by atoms with Gasteiger partial charge in [-0.15, -0.1) is 0 Å². The van der Waals surface area contributed by atoms with E-state index < -0.39 is 5.97 Å². The molecule has 0 amide bonds. The van der Waals surface area contributed by atoms with Gasteiger partial charge in [0, 0.05) is 0 Å². The second-order valence-corrected chi connectivity index (χ2v) is 3.53. The number of carbonyl (C=O) groups excluding carboxylic acids is 1. The molecule has 0 bridgehead atoms. The molecule has 0 unspecified atom stereocenters. The molecule has 90 valence electrons. The van der Waals surface area contributed by atoms with Crippen molar-refractivity contribution in [2.75, 3.05) is 0 Å². The van der Waals surface area contributed by atoms with Crippen LogP contribution in [0.5, 0.6) is 0 Å². The molecule has 0 N–H and O–H groups in total. The third-order valence-electron chi connectivity index (χ3n) is 2.22. The Balaban J connectivity index is 1.96. The summed E-state index contributed by atoms with van der Waals surface area (Å²) in [5.41, 5.74) is 1.08. The summed E-state index contributed by atoms with van der Waals surface area (Å²) in [6.45, 7) is 0. The number of hydrogen-bond donors (Lipinski definition) is 0. The first-order valence-electron chi connectivity index (χ1n) is 5.31. The van der Waals surface area contributed by atoms with Crippen LogP contribution in [-0.4, -0.2) is 12.2 Å². The maximum atomic E-state index is 12.6. The number of rotatable bonds is 3. The smallest absolute Gasteiger partial charge is 0.313 e. The summed E-state index contributed by atoms with van der Waals surface area (Å²) in [6.07, 6.45) is 1.35. The second-order valence-electron chi connectivity index (χ2n) is 3.53. The van der Waals surface area contributed by atoms with Crippen LogP contribution in [0.4, 0.5) is 4.39 Å². The average Bonchev–Trinajstić information content (AvgIpc) is 2.42. The van der Waals surface area contributed by atoms with Gasteiger partial charge in [-0.25, -0.2) is 9.18 Å². The molecule has 2 aromatic rings. The van der Waals surface area contributed by atoms with Crippen LogP contribution in [0.15, 0.2) is 59.8 Å². The first-order chi connectivity index (χ1) is 8.75. The van der Waals surface area contributed by atoms with Gasteiger partial charge in [0.1, 0.15) is 5.82 Å². The van der Waals surface area contributed by atoms with Crippen LogP contribution in [0.2, 0.25) is 0 Å². The lowest BCUT2D eigenvalue weighted by Crippen LogP contribution is -2.00. The van der Waals surface area contributed by atoms with E-state index in [1.54, 1.807) is 30.3 Å². The quantitative estimate of drug-likeness (QED) is 0.472. The second kappa shape index (κ2) is 5.72. The molecule has 0 aliphatic rings. The minimum absolute atomic E-state index is 0.326. The molecule has 0 heterocycles. The molecule has 2 rings (SSSR count). The molecule has 0 aliphatic carbocycles. The largest absolute Gasteiger partial charge is 0.365 e. The van der Waals surface area contributed by atoms with E-state index in [1.165, 1.54) is 30.5 Å². The van der Waals surface area contributed by atoms with Gasteiger partial charge in [0.25, 0.3) is 0 Å². The fourth-order valence-electron chi connectivity index (χ4n) is 1.31. The minimum Gasteiger partial charge on any atom is -0.313 e. The van der Waals surface area contributed by atoms with Gasteiger partial charge in [0.2, 0.25) is 0 Å². The lowest BCUT2D eigenvalue weighted by atomic mass is 10.2. The molecule has 0 fully saturated rings. The van der Waals surface area contributed by atoms with Crippen LogP contribution in [0.1, 0.15) is 15.9 Å². The predicted octanol–water partition coefficient (Wildman–Crippen LogP) is 3.02. The molecule has 0 saturated carbocycles. The van der Waals surface area contributed by atoms with Gasteiger partial charge in [0.05, 0.1) is 11.8 Å². The Morgan fingerprint density at radius 1 is 1.06 bits per heavy atom.